The second-order valence-corrected chi connectivity index (χ2v) is 27.8. The van der Waals surface area contributed by atoms with Gasteiger partial charge in [0.05, 0.1) is 0 Å². The second-order valence-electron chi connectivity index (χ2n) is 27.8. The van der Waals surface area contributed by atoms with E-state index in [0.717, 1.165) is 94.9 Å². The lowest BCUT2D eigenvalue weighted by molar-refractivity contribution is -0.168. The first-order valence-corrected chi connectivity index (χ1v) is 34.6. The molecule has 3 saturated carbocycles. The standard InChI is InChI=1S/C92H64N6/c1-55-48-76-53-77-54-82(83(76)77)92(55)80-22-10-20-78(64-36-24-60(25-37-64)62-28-40-66(41-29-62)86-93-88(72-44-32-56-12-2-6-16-68(56)49-72)97-89(94-86)73-45-33-57-13-3-7-17-69(57)50-73)84(80)85-79(21-11-23-81(85)92)65-38-26-61(27-39-65)63-30-42-67(43-31-63)87-95-90(74-46-34-58-14-4-8-18-70(58)51-74)98-91(96-87)75-47-35-59-15-5-9-19-71(59)52-75/h2-47,49-52,55,76-77,82-83H,48,53-54H2,1H3. The molecule has 1 spiro atoms. The molecule has 5 unspecified atom stereocenters. The van der Waals surface area contributed by atoms with Crippen LogP contribution in [0.5, 0.6) is 0 Å². The topological polar surface area (TPSA) is 77.3 Å². The predicted octanol–water partition coefficient (Wildman–Crippen LogP) is 22.9. The van der Waals surface area contributed by atoms with E-state index < -0.39 is 0 Å². The number of fused-ring (bicyclic) bond motifs is 10. The molecule has 0 radical (unpaired) electrons. The van der Waals surface area contributed by atoms with Gasteiger partial charge in [0.15, 0.2) is 34.9 Å². The van der Waals surface area contributed by atoms with E-state index in [9.17, 15) is 0 Å². The molecule has 0 bridgehead atoms. The number of aromatic nitrogens is 6. The van der Waals surface area contributed by atoms with Crippen LogP contribution < -0.4 is 0 Å². The Bertz CT molecular complexity index is 5360. The van der Waals surface area contributed by atoms with Gasteiger partial charge in [-0.15, -0.1) is 0 Å². The summed E-state index contributed by atoms with van der Waals surface area (Å²) in [4.78, 5) is 30.9. The molecule has 4 aliphatic rings. The van der Waals surface area contributed by atoms with E-state index >= 15 is 0 Å². The third kappa shape index (κ3) is 9.15. The summed E-state index contributed by atoms with van der Waals surface area (Å²) in [5.74, 6) is 7.60. The zero-order valence-corrected chi connectivity index (χ0v) is 54.1. The normalized spacial score (nSPS) is 17.7. The van der Waals surface area contributed by atoms with E-state index in [1.807, 2.05) is 0 Å². The van der Waals surface area contributed by atoms with Crippen molar-refractivity contribution in [3.63, 3.8) is 0 Å². The van der Waals surface area contributed by atoms with Crippen LogP contribution in [0.25, 0.3) is 167 Å². The van der Waals surface area contributed by atoms with Gasteiger partial charge in [-0.25, -0.2) is 29.9 Å². The van der Waals surface area contributed by atoms with Gasteiger partial charge >= 0.3 is 0 Å². The Hall–Kier alpha value is -11.9. The van der Waals surface area contributed by atoms with Crippen LogP contribution >= 0.6 is 0 Å². The molecule has 4 aliphatic carbocycles. The van der Waals surface area contributed by atoms with Crippen LogP contribution in [0.1, 0.15) is 37.3 Å². The Morgan fingerprint density at radius 3 is 0.847 bits per heavy atom. The summed E-state index contributed by atoms with van der Waals surface area (Å²) in [6.07, 6.45) is 4.04. The Morgan fingerprint density at radius 2 is 0.520 bits per heavy atom. The molecule has 2 aromatic heterocycles. The quantitative estimate of drug-likeness (QED) is 0.136. The summed E-state index contributed by atoms with van der Waals surface area (Å²) in [5, 5.41) is 9.30. The third-order valence-electron chi connectivity index (χ3n) is 22.7. The van der Waals surface area contributed by atoms with Crippen LogP contribution in [0, 0.1) is 29.6 Å². The van der Waals surface area contributed by atoms with E-state index in [4.69, 9.17) is 29.9 Å². The van der Waals surface area contributed by atoms with E-state index in [1.54, 1.807) is 0 Å². The molecule has 3 fully saturated rings. The number of nitrogens with zero attached hydrogens (tertiary/aromatic N) is 6. The first-order valence-electron chi connectivity index (χ1n) is 34.6. The van der Waals surface area contributed by atoms with Gasteiger partial charge in [-0.05, 0) is 183 Å². The zero-order valence-electron chi connectivity index (χ0n) is 54.1. The molecule has 20 rings (SSSR count). The first-order chi connectivity index (χ1) is 48.4. The zero-order chi connectivity index (χ0) is 64.6. The molecule has 6 nitrogen and oxygen atoms in total. The van der Waals surface area contributed by atoms with Crippen LogP contribution in [-0.4, -0.2) is 29.9 Å². The number of rotatable bonds is 10. The van der Waals surface area contributed by atoms with Gasteiger partial charge in [0.1, 0.15) is 0 Å². The van der Waals surface area contributed by atoms with Crippen molar-refractivity contribution >= 4 is 43.1 Å². The Morgan fingerprint density at radius 1 is 0.245 bits per heavy atom. The summed E-state index contributed by atoms with van der Waals surface area (Å²) in [6, 6.07) is 110. The van der Waals surface area contributed by atoms with Crippen molar-refractivity contribution in [1.29, 1.82) is 0 Å². The largest absolute Gasteiger partial charge is 0.208 e. The summed E-state index contributed by atoms with van der Waals surface area (Å²) < 4.78 is 0. The average Bonchev–Trinajstić information content (AvgIpc) is 1.43. The molecule has 0 amide bonds. The van der Waals surface area contributed by atoms with Crippen LogP contribution in [0.4, 0.5) is 0 Å². The molecule has 6 heteroatoms. The molecule has 0 N–H and O–H groups in total. The summed E-state index contributed by atoms with van der Waals surface area (Å²) in [5.41, 5.74) is 21.2. The second kappa shape index (κ2) is 22.4. The highest BCUT2D eigenvalue weighted by atomic mass is 15.0. The predicted molar refractivity (Wildman–Crippen MR) is 401 cm³/mol. The Kier molecular flexibility index (Phi) is 12.9. The van der Waals surface area contributed by atoms with E-state index in [2.05, 4.69) is 310 Å². The highest BCUT2D eigenvalue weighted by molar-refractivity contribution is 6.01. The SMILES string of the molecule is CC1CC2CC3CC(C23)C12c1cccc(-c3ccc(-c4ccc(-c5nc(-c6ccc7ccccc7c6)nc(-c6ccc7ccccc7c6)n5)cc4)cc3)c1-c1c(-c3ccc(-c4ccc(-c5nc(-c6ccc7ccccc7c6)nc(-c6ccc7ccccc7c6)n5)cc4)cc3)cccc12. The maximum atomic E-state index is 5.17. The van der Waals surface area contributed by atoms with Crippen LogP contribution in [0.15, 0.2) is 303 Å². The average molecular weight is 1250 g/mol. The fourth-order valence-electron chi connectivity index (χ4n) is 17.9. The van der Waals surface area contributed by atoms with Crippen molar-refractivity contribution in [1.82, 2.24) is 29.9 Å². The molecule has 5 atom stereocenters. The lowest BCUT2D eigenvalue weighted by Crippen LogP contribution is -2.64. The third-order valence-corrected chi connectivity index (χ3v) is 22.7. The minimum atomic E-state index is -0.0336. The van der Waals surface area contributed by atoms with Gasteiger partial charge in [-0.2, -0.15) is 0 Å². The van der Waals surface area contributed by atoms with Gasteiger partial charge in [0, 0.05) is 38.8 Å². The minimum Gasteiger partial charge on any atom is -0.208 e. The molecule has 0 saturated heterocycles. The maximum absolute atomic E-state index is 5.17. The molecular weight excluding hydrogens is 1190 g/mol. The lowest BCUT2D eigenvalue weighted by Gasteiger charge is -2.69. The van der Waals surface area contributed by atoms with Crippen molar-refractivity contribution in [2.75, 3.05) is 0 Å². The Labute approximate surface area is 569 Å². The van der Waals surface area contributed by atoms with E-state index in [1.165, 1.54) is 85.3 Å². The molecule has 16 aromatic rings. The summed E-state index contributed by atoms with van der Waals surface area (Å²) in [7, 11) is 0. The molecule has 98 heavy (non-hydrogen) atoms. The van der Waals surface area contributed by atoms with Crippen molar-refractivity contribution in [2.24, 2.45) is 29.6 Å². The van der Waals surface area contributed by atoms with Gasteiger partial charge in [0.2, 0.25) is 0 Å². The molecule has 14 aromatic carbocycles. The van der Waals surface area contributed by atoms with E-state index in [-0.39, 0.29) is 5.41 Å². The summed E-state index contributed by atoms with van der Waals surface area (Å²) in [6.45, 7) is 2.59. The van der Waals surface area contributed by atoms with Gasteiger partial charge in [-0.1, -0.05) is 286 Å². The fraction of sp³-hybridized carbons (Fsp3) is 0.109. The number of hydrogen-bond donors (Lipinski definition) is 0. The first kappa shape index (κ1) is 56.5. The van der Waals surface area contributed by atoms with Crippen molar-refractivity contribution < 1.29 is 0 Å². The monoisotopic (exact) mass is 1250 g/mol. The van der Waals surface area contributed by atoms with Crippen LogP contribution in [0.2, 0.25) is 0 Å². The number of hydrogen-bond acceptors (Lipinski definition) is 6. The van der Waals surface area contributed by atoms with Crippen LogP contribution in [-0.2, 0) is 5.41 Å². The molecule has 462 valence electrons. The van der Waals surface area contributed by atoms with Crippen molar-refractivity contribution in [2.45, 2.75) is 31.6 Å². The lowest BCUT2D eigenvalue weighted by atomic mass is 9.34. The summed E-state index contributed by atoms with van der Waals surface area (Å²) >= 11 is 0. The number of benzene rings is 14. The van der Waals surface area contributed by atoms with Crippen molar-refractivity contribution in [3.05, 3.63) is 314 Å². The van der Waals surface area contributed by atoms with Gasteiger partial charge < -0.3 is 0 Å². The fourth-order valence-corrected chi connectivity index (χ4v) is 17.9. The van der Waals surface area contributed by atoms with E-state index in [0.29, 0.717) is 46.8 Å². The van der Waals surface area contributed by atoms with Gasteiger partial charge in [-0.3, -0.25) is 0 Å². The minimum absolute atomic E-state index is 0.0336. The smallest absolute Gasteiger partial charge is 0.164 e. The molecule has 0 aliphatic heterocycles. The molecule has 2 heterocycles. The van der Waals surface area contributed by atoms with Gasteiger partial charge in [0.25, 0.3) is 0 Å². The van der Waals surface area contributed by atoms with Crippen molar-refractivity contribution in [3.8, 4) is 124 Å². The Balaban J connectivity index is 0.629. The van der Waals surface area contributed by atoms with Crippen LogP contribution in [0.3, 0.4) is 0 Å². The highest BCUT2D eigenvalue weighted by Gasteiger charge is 2.68. The maximum Gasteiger partial charge on any atom is 0.164 e. The molecular formula is C92H64N6. The highest BCUT2D eigenvalue weighted by Crippen LogP contribution is 2.75.